The predicted octanol–water partition coefficient (Wildman–Crippen LogP) is 1.60. The van der Waals surface area contributed by atoms with Crippen molar-refractivity contribution in [3.63, 3.8) is 0 Å². The van der Waals surface area contributed by atoms with E-state index in [0.29, 0.717) is 12.5 Å². The number of carbonyl (C=O) groups is 1. The summed E-state index contributed by atoms with van der Waals surface area (Å²) in [7, 11) is -3.63. The SMILES string of the molecule is CC(=O)Nc1nnc(S(=O)(=O)NCCCCC(C)C)s1. The molecule has 0 unspecified atom stereocenters. The Hall–Kier alpha value is -1.06. The summed E-state index contributed by atoms with van der Waals surface area (Å²) in [6.45, 7) is 5.97. The summed E-state index contributed by atoms with van der Waals surface area (Å²) in [5, 5.41) is 9.76. The second kappa shape index (κ2) is 7.65. The van der Waals surface area contributed by atoms with Crippen molar-refractivity contribution in [1.82, 2.24) is 14.9 Å². The topological polar surface area (TPSA) is 101 Å². The fraction of sp³-hybridized carbons (Fsp3) is 0.727. The van der Waals surface area contributed by atoms with Gasteiger partial charge in [-0.25, -0.2) is 13.1 Å². The van der Waals surface area contributed by atoms with Gasteiger partial charge in [-0.3, -0.25) is 4.79 Å². The highest BCUT2D eigenvalue weighted by molar-refractivity contribution is 7.91. The minimum atomic E-state index is -3.63. The number of sulfonamides is 1. The van der Waals surface area contributed by atoms with Crippen LogP contribution in [-0.2, 0) is 14.8 Å². The smallest absolute Gasteiger partial charge is 0.269 e. The number of nitrogens with one attached hydrogen (secondary N) is 2. The number of hydrogen-bond donors (Lipinski definition) is 2. The average Bonchev–Trinajstić information content (AvgIpc) is 2.76. The van der Waals surface area contributed by atoms with E-state index in [1.54, 1.807) is 0 Å². The number of rotatable bonds is 8. The largest absolute Gasteiger partial charge is 0.301 e. The summed E-state index contributed by atoms with van der Waals surface area (Å²) < 4.78 is 26.2. The molecule has 0 aromatic carbocycles. The monoisotopic (exact) mass is 320 g/mol. The van der Waals surface area contributed by atoms with Gasteiger partial charge in [0, 0.05) is 13.5 Å². The summed E-state index contributed by atoms with van der Waals surface area (Å²) >= 11 is 0.832. The fourth-order valence-electron chi connectivity index (χ4n) is 1.47. The normalized spacial score (nSPS) is 11.8. The Morgan fingerprint density at radius 3 is 2.60 bits per heavy atom. The number of anilines is 1. The lowest BCUT2D eigenvalue weighted by atomic mass is 10.1. The first kappa shape index (κ1) is 17.0. The van der Waals surface area contributed by atoms with Gasteiger partial charge in [0.25, 0.3) is 10.0 Å². The Morgan fingerprint density at radius 1 is 1.30 bits per heavy atom. The van der Waals surface area contributed by atoms with Gasteiger partial charge in [0.15, 0.2) is 0 Å². The third-order valence-electron chi connectivity index (χ3n) is 2.42. The van der Waals surface area contributed by atoms with Gasteiger partial charge in [0.05, 0.1) is 0 Å². The number of carbonyl (C=O) groups excluding carboxylic acids is 1. The number of nitrogens with zero attached hydrogens (tertiary/aromatic N) is 2. The molecular weight excluding hydrogens is 300 g/mol. The number of unbranched alkanes of at least 4 members (excludes halogenated alkanes) is 1. The van der Waals surface area contributed by atoms with E-state index in [2.05, 4.69) is 34.1 Å². The molecule has 114 valence electrons. The lowest BCUT2D eigenvalue weighted by Crippen LogP contribution is -2.24. The molecule has 0 saturated carbocycles. The van der Waals surface area contributed by atoms with Gasteiger partial charge < -0.3 is 5.32 Å². The zero-order valence-corrected chi connectivity index (χ0v) is 13.5. The molecule has 1 aromatic rings. The molecule has 9 heteroatoms. The van der Waals surface area contributed by atoms with Crippen molar-refractivity contribution in [1.29, 1.82) is 0 Å². The van der Waals surface area contributed by atoms with Crippen molar-refractivity contribution >= 4 is 32.4 Å². The third kappa shape index (κ3) is 5.93. The van der Waals surface area contributed by atoms with Crippen molar-refractivity contribution in [3.8, 4) is 0 Å². The first-order valence-electron chi connectivity index (χ1n) is 6.42. The van der Waals surface area contributed by atoms with Crippen LogP contribution in [0.25, 0.3) is 0 Å². The minimum absolute atomic E-state index is 0.134. The van der Waals surface area contributed by atoms with Crippen LogP contribution in [0.3, 0.4) is 0 Å². The lowest BCUT2D eigenvalue weighted by Gasteiger charge is -2.05. The van der Waals surface area contributed by atoms with E-state index >= 15 is 0 Å². The molecule has 1 aromatic heterocycles. The summed E-state index contributed by atoms with van der Waals surface area (Å²) in [6, 6.07) is 0. The maximum Gasteiger partial charge on any atom is 0.269 e. The molecule has 7 nitrogen and oxygen atoms in total. The molecule has 0 aliphatic rings. The number of hydrogen-bond acceptors (Lipinski definition) is 6. The van der Waals surface area contributed by atoms with Crippen LogP contribution >= 0.6 is 11.3 Å². The van der Waals surface area contributed by atoms with Crippen LogP contribution in [0.15, 0.2) is 4.34 Å². The Morgan fingerprint density at radius 2 is 2.00 bits per heavy atom. The second-order valence-corrected chi connectivity index (χ2v) is 7.76. The molecule has 0 radical (unpaired) electrons. The third-order valence-corrected chi connectivity index (χ3v) is 5.09. The molecule has 0 aliphatic carbocycles. The van der Waals surface area contributed by atoms with Crippen LogP contribution < -0.4 is 10.0 Å². The van der Waals surface area contributed by atoms with E-state index < -0.39 is 10.0 Å². The molecule has 0 saturated heterocycles. The Balaban J connectivity index is 2.47. The van der Waals surface area contributed by atoms with E-state index in [-0.39, 0.29) is 15.4 Å². The van der Waals surface area contributed by atoms with Crippen molar-refractivity contribution in [3.05, 3.63) is 0 Å². The minimum Gasteiger partial charge on any atom is -0.301 e. The van der Waals surface area contributed by atoms with Crippen LogP contribution in [0, 0.1) is 5.92 Å². The van der Waals surface area contributed by atoms with Gasteiger partial charge >= 0.3 is 0 Å². The summed E-state index contributed by atoms with van der Waals surface area (Å²) in [4.78, 5) is 10.8. The van der Waals surface area contributed by atoms with Crippen LogP contribution in [-0.4, -0.2) is 31.1 Å². The maximum atomic E-state index is 11.9. The van der Waals surface area contributed by atoms with E-state index in [1.807, 2.05) is 0 Å². The van der Waals surface area contributed by atoms with Gasteiger partial charge in [-0.15, -0.1) is 10.2 Å². The fourth-order valence-corrected chi connectivity index (χ4v) is 3.53. The van der Waals surface area contributed by atoms with Gasteiger partial charge in [-0.05, 0) is 12.3 Å². The van der Waals surface area contributed by atoms with Crippen LogP contribution in [0.5, 0.6) is 0 Å². The molecule has 1 amide bonds. The summed E-state index contributed by atoms with van der Waals surface area (Å²) in [5.41, 5.74) is 0. The Kier molecular flexibility index (Phi) is 6.50. The summed E-state index contributed by atoms with van der Waals surface area (Å²) in [6.07, 6.45) is 2.84. The molecule has 0 spiro atoms. The molecule has 1 rings (SSSR count). The number of aromatic nitrogens is 2. The van der Waals surface area contributed by atoms with Gasteiger partial charge in [0.2, 0.25) is 15.4 Å². The standard InChI is InChI=1S/C11H20N4O3S2/c1-8(2)6-4-5-7-12-20(17,18)11-15-14-10(19-11)13-9(3)16/h8,12H,4-7H2,1-3H3,(H,13,14,16). The molecule has 0 atom stereocenters. The highest BCUT2D eigenvalue weighted by Crippen LogP contribution is 2.19. The summed E-state index contributed by atoms with van der Waals surface area (Å²) in [5.74, 6) is 0.307. The Labute approximate surface area is 123 Å². The quantitative estimate of drug-likeness (QED) is 0.559. The number of amides is 1. The van der Waals surface area contributed by atoms with Crippen molar-refractivity contribution in [2.24, 2.45) is 5.92 Å². The van der Waals surface area contributed by atoms with Crippen molar-refractivity contribution in [2.45, 2.75) is 44.4 Å². The zero-order valence-electron chi connectivity index (χ0n) is 11.8. The van der Waals surface area contributed by atoms with Crippen LogP contribution in [0.2, 0.25) is 0 Å². The maximum absolute atomic E-state index is 11.9. The zero-order chi connectivity index (χ0) is 15.2. The van der Waals surface area contributed by atoms with Gasteiger partial charge in [-0.2, -0.15) is 0 Å². The van der Waals surface area contributed by atoms with E-state index in [9.17, 15) is 13.2 Å². The highest BCUT2D eigenvalue weighted by Gasteiger charge is 2.19. The highest BCUT2D eigenvalue weighted by atomic mass is 32.2. The molecule has 0 aliphatic heterocycles. The van der Waals surface area contributed by atoms with Crippen molar-refractivity contribution < 1.29 is 13.2 Å². The van der Waals surface area contributed by atoms with Crippen LogP contribution in [0.1, 0.15) is 40.0 Å². The van der Waals surface area contributed by atoms with Crippen LogP contribution in [0.4, 0.5) is 5.13 Å². The lowest BCUT2D eigenvalue weighted by molar-refractivity contribution is -0.114. The molecule has 20 heavy (non-hydrogen) atoms. The molecular formula is C11H20N4O3S2. The first-order chi connectivity index (χ1) is 9.31. The molecule has 0 fully saturated rings. The van der Waals surface area contributed by atoms with E-state index in [4.69, 9.17) is 0 Å². The van der Waals surface area contributed by atoms with Gasteiger partial charge in [0.1, 0.15) is 0 Å². The van der Waals surface area contributed by atoms with E-state index in [1.165, 1.54) is 6.92 Å². The van der Waals surface area contributed by atoms with Gasteiger partial charge in [-0.1, -0.05) is 38.0 Å². The Bertz CT molecular complexity index is 540. The van der Waals surface area contributed by atoms with E-state index in [0.717, 1.165) is 30.6 Å². The average molecular weight is 320 g/mol. The molecule has 0 bridgehead atoms. The second-order valence-electron chi connectivity index (χ2n) is 4.84. The first-order valence-corrected chi connectivity index (χ1v) is 8.72. The molecule has 1 heterocycles. The molecule has 2 N–H and O–H groups in total. The van der Waals surface area contributed by atoms with Crippen molar-refractivity contribution in [2.75, 3.05) is 11.9 Å². The predicted molar refractivity (Wildman–Crippen MR) is 78.1 cm³/mol.